The van der Waals surface area contributed by atoms with E-state index >= 15 is 0 Å². The molecule has 0 saturated heterocycles. The van der Waals surface area contributed by atoms with E-state index in [4.69, 9.17) is 0 Å². The fourth-order valence-electron chi connectivity index (χ4n) is 3.75. The van der Waals surface area contributed by atoms with Crippen molar-refractivity contribution in [1.82, 2.24) is 0 Å². The van der Waals surface area contributed by atoms with Crippen LogP contribution in [0.15, 0.2) is 18.2 Å². The lowest BCUT2D eigenvalue weighted by atomic mass is 9.89. The Morgan fingerprint density at radius 3 is 2.75 bits per heavy atom. The number of nitrogens with one attached hydrogen (secondary N) is 1. The molecule has 0 radical (unpaired) electrons. The van der Waals surface area contributed by atoms with Crippen LogP contribution in [0.1, 0.15) is 56.1 Å². The summed E-state index contributed by atoms with van der Waals surface area (Å²) in [6.07, 6.45) is 11.0. The van der Waals surface area contributed by atoms with Gasteiger partial charge in [0.15, 0.2) is 0 Å². The Morgan fingerprint density at radius 1 is 1.00 bits per heavy atom. The number of hydrogen-bond acceptors (Lipinski definition) is 2. The van der Waals surface area contributed by atoms with E-state index < -0.39 is 0 Å². The number of aryl methyl sites for hydroxylation is 1. The molecule has 0 aromatic heterocycles. The third-order valence-corrected chi connectivity index (χ3v) is 4.92. The van der Waals surface area contributed by atoms with E-state index in [1.807, 2.05) is 0 Å². The molecule has 20 heavy (non-hydrogen) atoms. The summed E-state index contributed by atoms with van der Waals surface area (Å²) in [5.41, 5.74) is 4.33. The highest BCUT2D eigenvalue weighted by Gasteiger charge is 2.24. The van der Waals surface area contributed by atoms with Gasteiger partial charge < -0.3 is 5.32 Å². The summed E-state index contributed by atoms with van der Waals surface area (Å²) < 4.78 is 0. The molecule has 1 saturated carbocycles. The van der Waals surface area contributed by atoms with Gasteiger partial charge in [-0.25, -0.2) is 0 Å². The zero-order chi connectivity index (χ0) is 13.8. The maximum absolute atomic E-state index is 9.41. The van der Waals surface area contributed by atoms with E-state index in [1.165, 1.54) is 61.8 Å². The predicted molar refractivity (Wildman–Crippen MR) is 82.7 cm³/mol. The van der Waals surface area contributed by atoms with Gasteiger partial charge in [0.25, 0.3) is 0 Å². The van der Waals surface area contributed by atoms with Gasteiger partial charge >= 0.3 is 0 Å². The highest BCUT2D eigenvalue weighted by molar-refractivity contribution is 5.56. The minimum Gasteiger partial charge on any atom is -0.381 e. The monoisotopic (exact) mass is 268 g/mol. The van der Waals surface area contributed by atoms with Gasteiger partial charge in [0.05, 0.1) is 12.0 Å². The first-order chi connectivity index (χ1) is 9.88. The molecule has 2 aliphatic rings. The van der Waals surface area contributed by atoms with Crippen molar-refractivity contribution in [3.63, 3.8) is 0 Å². The van der Waals surface area contributed by atoms with Crippen LogP contribution in [0.3, 0.4) is 0 Å². The molecule has 2 unspecified atom stereocenters. The first-order valence-corrected chi connectivity index (χ1v) is 8.15. The topological polar surface area (TPSA) is 35.8 Å². The zero-order valence-electron chi connectivity index (χ0n) is 12.2. The highest BCUT2D eigenvalue weighted by Crippen LogP contribution is 2.31. The van der Waals surface area contributed by atoms with Crippen LogP contribution < -0.4 is 5.32 Å². The van der Waals surface area contributed by atoms with Crippen molar-refractivity contribution in [2.45, 2.75) is 63.8 Å². The molecule has 2 aliphatic carbocycles. The Bertz CT molecular complexity index is 501. The minimum atomic E-state index is 0.178. The van der Waals surface area contributed by atoms with Gasteiger partial charge in [-0.15, -0.1) is 0 Å². The van der Waals surface area contributed by atoms with Crippen LogP contribution in [0.4, 0.5) is 5.69 Å². The van der Waals surface area contributed by atoms with Crippen LogP contribution in [0.25, 0.3) is 0 Å². The van der Waals surface area contributed by atoms with E-state index in [0.29, 0.717) is 6.04 Å². The van der Waals surface area contributed by atoms with Gasteiger partial charge in [0.1, 0.15) is 0 Å². The molecule has 2 nitrogen and oxygen atoms in total. The Labute approximate surface area is 122 Å². The fraction of sp³-hybridized carbons (Fsp3) is 0.611. The van der Waals surface area contributed by atoms with E-state index in [2.05, 4.69) is 29.6 Å². The lowest BCUT2D eigenvalue weighted by molar-refractivity contribution is 0.513. The number of nitriles is 1. The number of fused-ring (bicyclic) bond motifs is 1. The molecule has 106 valence electrons. The average molecular weight is 268 g/mol. The smallest absolute Gasteiger partial charge is 0.0677 e. The third kappa shape index (κ3) is 2.82. The molecule has 1 aromatic carbocycles. The second kappa shape index (κ2) is 6.31. The van der Waals surface area contributed by atoms with Crippen LogP contribution >= 0.6 is 0 Å². The maximum Gasteiger partial charge on any atom is 0.0677 e. The number of benzene rings is 1. The van der Waals surface area contributed by atoms with Gasteiger partial charge in [-0.3, -0.25) is 0 Å². The van der Waals surface area contributed by atoms with Crippen molar-refractivity contribution >= 4 is 5.69 Å². The molecule has 0 aliphatic heterocycles. The Morgan fingerprint density at radius 2 is 1.85 bits per heavy atom. The first-order valence-electron chi connectivity index (χ1n) is 8.15. The van der Waals surface area contributed by atoms with Gasteiger partial charge in [-0.05, 0) is 55.7 Å². The van der Waals surface area contributed by atoms with Crippen molar-refractivity contribution in [2.75, 3.05) is 5.32 Å². The van der Waals surface area contributed by atoms with Gasteiger partial charge in [0.2, 0.25) is 0 Å². The summed E-state index contributed by atoms with van der Waals surface area (Å²) in [6, 6.07) is 9.53. The van der Waals surface area contributed by atoms with E-state index in [1.54, 1.807) is 0 Å². The molecule has 2 atom stereocenters. The van der Waals surface area contributed by atoms with E-state index in [0.717, 1.165) is 12.8 Å². The number of hydrogen-bond donors (Lipinski definition) is 1. The summed E-state index contributed by atoms with van der Waals surface area (Å²) in [4.78, 5) is 0. The van der Waals surface area contributed by atoms with Crippen LogP contribution in [-0.2, 0) is 12.8 Å². The number of nitrogens with zero attached hydrogens (tertiary/aromatic N) is 1. The second-order valence-corrected chi connectivity index (χ2v) is 6.27. The number of anilines is 1. The van der Waals surface area contributed by atoms with E-state index in [9.17, 15) is 5.26 Å². The quantitative estimate of drug-likeness (QED) is 0.804. The van der Waals surface area contributed by atoms with Crippen LogP contribution in [0.5, 0.6) is 0 Å². The molecule has 1 aromatic rings. The van der Waals surface area contributed by atoms with Gasteiger partial charge in [-0.2, -0.15) is 5.26 Å². The maximum atomic E-state index is 9.41. The van der Waals surface area contributed by atoms with Crippen LogP contribution in [0.2, 0.25) is 0 Å². The summed E-state index contributed by atoms with van der Waals surface area (Å²) in [5, 5.41) is 13.1. The molecule has 0 spiro atoms. The van der Waals surface area contributed by atoms with Crippen molar-refractivity contribution in [2.24, 2.45) is 5.92 Å². The van der Waals surface area contributed by atoms with Crippen molar-refractivity contribution < 1.29 is 0 Å². The van der Waals surface area contributed by atoms with Crippen molar-refractivity contribution in [1.29, 1.82) is 5.26 Å². The third-order valence-electron chi connectivity index (χ3n) is 4.92. The molecule has 1 N–H and O–H groups in total. The van der Waals surface area contributed by atoms with Crippen LogP contribution in [-0.4, -0.2) is 6.04 Å². The average Bonchev–Trinajstić information content (AvgIpc) is 2.72. The summed E-state index contributed by atoms with van der Waals surface area (Å²) >= 11 is 0. The van der Waals surface area contributed by atoms with Gasteiger partial charge in [-0.1, -0.05) is 31.4 Å². The van der Waals surface area contributed by atoms with Gasteiger partial charge in [0, 0.05) is 11.7 Å². The molecule has 0 amide bonds. The lowest BCUT2D eigenvalue weighted by Crippen LogP contribution is -2.28. The standard InChI is InChI=1S/C18H24N2/c19-13-15-8-2-1-3-11-17(15)20-18-12-6-9-14-7-4-5-10-16(14)18/h6,9,12,15,17,20H,1-5,7-8,10-11H2. The van der Waals surface area contributed by atoms with Crippen LogP contribution in [0, 0.1) is 17.2 Å². The molecular weight excluding hydrogens is 244 g/mol. The summed E-state index contributed by atoms with van der Waals surface area (Å²) in [6.45, 7) is 0. The molecule has 0 heterocycles. The molecule has 3 rings (SSSR count). The lowest BCUT2D eigenvalue weighted by Gasteiger charge is -2.26. The Hall–Kier alpha value is -1.49. The minimum absolute atomic E-state index is 0.178. The van der Waals surface area contributed by atoms with Crippen molar-refractivity contribution in [3.05, 3.63) is 29.3 Å². The molecule has 2 heteroatoms. The second-order valence-electron chi connectivity index (χ2n) is 6.27. The summed E-state index contributed by atoms with van der Waals surface area (Å²) in [5.74, 6) is 0.178. The highest BCUT2D eigenvalue weighted by atomic mass is 14.9. The van der Waals surface area contributed by atoms with Crippen molar-refractivity contribution in [3.8, 4) is 6.07 Å². The largest absolute Gasteiger partial charge is 0.381 e. The summed E-state index contributed by atoms with van der Waals surface area (Å²) in [7, 11) is 0. The Kier molecular flexibility index (Phi) is 4.25. The number of rotatable bonds is 2. The SMILES string of the molecule is N#CC1CCCCCC1Nc1cccc2c1CCCC2. The first kappa shape index (κ1) is 13.5. The normalized spacial score (nSPS) is 26.1. The van der Waals surface area contributed by atoms with E-state index in [-0.39, 0.29) is 5.92 Å². The fourth-order valence-corrected chi connectivity index (χ4v) is 3.75. The zero-order valence-corrected chi connectivity index (χ0v) is 12.2. The predicted octanol–water partition coefficient (Wildman–Crippen LogP) is 4.45. The Balaban J connectivity index is 1.81. The molecule has 0 bridgehead atoms. The molecular formula is C18H24N2. The molecule has 1 fully saturated rings.